The number of esters is 1. The Morgan fingerprint density at radius 2 is 2.06 bits per heavy atom. The van der Waals surface area contributed by atoms with Gasteiger partial charge in [-0.15, -0.1) is 0 Å². The summed E-state index contributed by atoms with van der Waals surface area (Å²) in [7, 11) is 0. The monoisotopic (exact) mass is 250 g/mol. The molecule has 4 nitrogen and oxygen atoms in total. The lowest BCUT2D eigenvalue weighted by atomic mass is 9.99. The number of carbonyl (C=O) groups is 1. The predicted molar refractivity (Wildman–Crippen MR) is 65.8 cm³/mol. The van der Waals surface area contributed by atoms with Crippen molar-refractivity contribution in [2.75, 3.05) is 6.61 Å². The summed E-state index contributed by atoms with van der Waals surface area (Å²) in [6.45, 7) is 2.55. The molecule has 0 spiro atoms. The van der Waals surface area contributed by atoms with Crippen LogP contribution in [-0.4, -0.2) is 29.9 Å². The zero-order valence-electron chi connectivity index (χ0n) is 10.4. The third-order valence-electron chi connectivity index (χ3n) is 3.20. The largest absolute Gasteiger partial charge is 0.457 e. The fourth-order valence-corrected chi connectivity index (χ4v) is 2.11. The van der Waals surface area contributed by atoms with Crippen molar-refractivity contribution in [1.82, 2.24) is 0 Å². The highest BCUT2D eigenvalue weighted by Gasteiger charge is 2.42. The molecule has 1 saturated heterocycles. The summed E-state index contributed by atoms with van der Waals surface area (Å²) in [6.07, 6.45) is -0.695. The molecular weight excluding hydrogens is 232 g/mol. The minimum atomic E-state index is -0.752. The molecule has 1 aliphatic heterocycles. The van der Waals surface area contributed by atoms with Gasteiger partial charge in [0.25, 0.3) is 0 Å². The van der Waals surface area contributed by atoms with Crippen LogP contribution in [-0.2, 0) is 20.9 Å². The van der Waals surface area contributed by atoms with Gasteiger partial charge < -0.3 is 14.6 Å². The van der Waals surface area contributed by atoms with Crippen molar-refractivity contribution < 1.29 is 19.4 Å². The Labute approximate surface area is 107 Å². The Morgan fingerprint density at radius 1 is 1.33 bits per heavy atom. The van der Waals surface area contributed by atoms with Gasteiger partial charge in [-0.25, -0.2) is 0 Å². The van der Waals surface area contributed by atoms with E-state index in [9.17, 15) is 9.90 Å². The van der Waals surface area contributed by atoms with Crippen molar-refractivity contribution in [2.24, 2.45) is 5.92 Å². The Bertz CT molecular complexity index is 390. The lowest BCUT2D eigenvalue weighted by Crippen LogP contribution is -2.30. The van der Waals surface area contributed by atoms with Gasteiger partial charge in [-0.05, 0) is 12.0 Å². The second-order valence-electron chi connectivity index (χ2n) is 4.48. The van der Waals surface area contributed by atoms with Crippen LogP contribution in [0.4, 0.5) is 0 Å². The SMILES string of the molecule is CC[C@H]1C(=O)O[C@H](COCc2ccccc2)[C@H]1O. The van der Waals surface area contributed by atoms with Gasteiger partial charge in [0.05, 0.1) is 19.1 Å². The molecular formula is C14H18O4. The van der Waals surface area contributed by atoms with Crippen LogP contribution in [0.3, 0.4) is 0 Å². The fourth-order valence-electron chi connectivity index (χ4n) is 2.11. The number of carbonyl (C=O) groups excluding carboxylic acids is 1. The van der Waals surface area contributed by atoms with Crippen LogP contribution in [0.2, 0.25) is 0 Å². The van der Waals surface area contributed by atoms with E-state index in [1.54, 1.807) is 0 Å². The number of cyclic esters (lactones) is 1. The van der Waals surface area contributed by atoms with E-state index in [4.69, 9.17) is 9.47 Å². The smallest absolute Gasteiger partial charge is 0.312 e. The molecule has 0 unspecified atom stereocenters. The molecule has 1 N–H and O–H groups in total. The molecule has 0 radical (unpaired) electrons. The summed E-state index contributed by atoms with van der Waals surface area (Å²) in [5.74, 6) is -0.728. The number of hydrogen-bond donors (Lipinski definition) is 1. The van der Waals surface area contributed by atoms with Crippen LogP contribution in [0, 0.1) is 5.92 Å². The Hall–Kier alpha value is -1.39. The normalized spacial score (nSPS) is 27.2. The fraction of sp³-hybridized carbons (Fsp3) is 0.500. The average molecular weight is 250 g/mol. The molecule has 18 heavy (non-hydrogen) atoms. The van der Waals surface area contributed by atoms with Crippen molar-refractivity contribution in [3.63, 3.8) is 0 Å². The first kappa shape index (κ1) is 13.1. The second kappa shape index (κ2) is 5.98. The van der Waals surface area contributed by atoms with Gasteiger partial charge in [0.15, 0.2) is 6.10 Å². The van der Waals surface area contributed by atoms with Crippen LogP contribution in [0.5, 0.6) is 0 Å². The minimum absolute atomic E-state index is 0.234. The first-order valence-electron chi connectivity index (χ1n) is 6.22. The highest BCUT2D eigenvalue weighted by atomic mass is 16.6. The van der Waals surface area contributed by atoms with E-state index < -0.39 is 18.1 Å². The van der Waals surface area contributed by atoms with E-state index in [0.29, 0.717) is 13.0 Å². The van der Waals surface area contributed by atoms with E-state index in [0.717, 1.165) is 5.56 Å². The summed E-state index contributed by atoms with van der Waals surface area (Å²) in [5, 5.41) is 9.89. The van der Waals surface area contributed by atoms with Gasteiger partial charge in [0.1, 0.15) is 6.10 Å². The van der Waals surface area contributed by atoms with E-state index >= 15 is 0 Å². The second-order valence-corrected chi connectivity index (χ2v) is 4.48. The predicted octanol–water partition coefficient (Wildman–Crippen LogP) is 1.52. The molecule has 1 aliphatic rings. The van der Waals surface area contributed by atoms with Crippen molar-refractivity contribution in [2.45, 2.75) is 32.2 Å². The standard InChI is InChI=1S/C14H18O4/c1-2-11-13(15)12(18-14(11)16)9-17-8-10-6-4-3-5-7-10/h3-7,11-13,15H,2,8-9H2,1H3/t11-,12-,13+/m1/s1. The molecule has 0 amide bonds. The highest BCUT2D eigenvalue weighted by molar-refractivity contribution is 5.75. The lowest BCUT2D eigenvalue weighted by Gasteiger charge is -2.14. The van der Waals surface area contributed by atoms with Crippen molar-refractivity contribution >= 4 is 5.97 Å². The molecule has 4 heteroatoms. The third-order valence-corrected chi connectivity index (χ3v) is 3.20. The zero-order valence-corrected chi connectivity index (χ0v) is 10.4. The van der Waals surface area contributed by atoms with Gasteiger partial charge >= 0.3 is 5.97 Å². The highest BCUT2D eigenvalue weighted by Crippen LogP contribution is 2.24. The molecule has 1 fully saturated rings. The molecule has 98 valence electrons. The third kappa shape index (κ3) is 2.89. The molecule has 0 aromatic heterocycles. The van der Waals surface area contributed by atoms with Gasteiger partial charge in [-0.1, -0.05) is 37.3 Å². The van der Waals surface area contributed by atoms with Crippen LogP contribution < -0.4 is 0 Å². The molecule has 1 aromatic carbocycles. The molecule has 0 saturated carbocycles. The van der Waals surface area contributed by atoms with Crippen LogP contribution in [0.25, 0.3) is 0 Å². The number of aliphatic hydroxyl groups is 1. The molecule has 0 bridgehead atoms. The molecule has 1 aromatic rings. The van der Waals surface area contributed by atoms with E-state index in [-0.39, 0.29) is 12.6 Å². The van der Waals surface area contributed by atoms with Crippen LogP contribution in [0.15, 0.2) is 30.3 Å². The lowest BCUT2D eigenvalue weighted by molar-refractivity contribution is -0.146. The minimum Gasteiger partial charge on any atom is -0.457 e. The zero-order chi connectivity index (χ0) is 13.0. The number of rotatable bonds is 5. The van der Waals surface area contributed by atoms with Gasteiger partial charge in [-0.2, -0.15) is 0 Å². The maximum Gasteiger partial charge on any atom is 0.312 e. The van der Waals surface area contributed by atoms with Crippen LogP contribution in [0.1, 0.15) is 18.9 Å². The Morgan fingerprint density at radius 3 is 2.67 bits per heavy atom. The number of hydrogen-bond acceptors (Lipinski definition) is 4. The molecule has 1 heterocycles. The van der Waals surface area contributed by atoms with Crippen molar-refractivity contribution in [3.05, 3.63) is 35.9 Å². The van der Waals surface area contributed by atoms with Gasteiger partial charge in [0.2, 0.25) is 0 Å². The maximum atomic E-state index is 11.4. The summed E-state index contributed by atoms with van der Waals surface area (Å²) in [6, 6.07) is 9.75. The summed E-state index contributed by atoms with van der Waals surface area (Å²) >= 11 is 0. The van der Waals surface area contributed by atoms with E-state index in [1.165, 1.54) is 0 Å². The summed E-state index contributed by atoms with van der Waals surface area (Å²) < 4.78 is 10.6. The molecule has 0 aliphatic carbocycles. The topological polar surface area (TPSA) is 55.8 Å². The number of ether oxygens (including phenoxy) is 2. The van der Waals surface area contributed by atoms with E-state index in [1.807, 2.05) is 37.3 Å². The summed E-state index contributed by atoms with van der Waals surface area (Å²) in [4.78, 5) is 11.4. The van der Waals surface area contributed by atoms with E-state index in [2.05, 4.69) is 0 Å². The van der Waals surface area contributed by atoms with Crippen molar-refractivity contribution in [3.8, 4) is 0 Å². The average Bonchev–Trinajstić information content (AvgIpc) is 2.65. The van der Waals surface area contributed by atoms with Gasteiger partial charge in [-0.3, -0.25) is 4.79 Å². The quantitative estimate of drug-likeness (QED) is 0.805. The van der Waals surface area contributed by atoms with Gasteiger partial charge in [0, 0.05) is 0 Å². The Balaban J connectivity index is 1.79. The summed E-state index contributed by atoms with van der Waals surface area (Å²) in [5.41, 5.74) is 1.06. The molecule has 3 atom stereocenters. The maximum absolute atomic E-state index is 11.4. The number of benzene rings is 1. The first-order chi connectivity index (χ1) is 8.72. The molecule has 2 rings (SSSR count). The van der Waals surface area contributed by atoms with Crippen molar-refractivity contribution in [1.29, 1.82) is 0 Å². The Kier molecular flexibility index (Phi) is 4.33. The first-order valence-corrected chi connectivity index (χ1v) is 6.22. The number of aliphatic hydroxyl groups excluding tert-OH is 1. The van der Waals surface area contributed by atoms with Crippen LogP contribution >= 0.6 is 0 Å².